The molecule has 0 spiro atoms. The molecule has 0 aliphatic carbocycles. The Morgan fingerprint density at radius 3 is 2.95 bits per heavy atom. The van der Waals surface area contributed by atoms with Crippen LogP contribution in [-0.4, -0.2) is 36.9 Å². The van der Waals surface area contributed by atoms with Gasteiger partial charge in [0.05, 0.1) is 11.0 Å². The Balaban J connectivity index is 2.26. The van der Waals surface area contributed by atoms with Crippen molar-refractivity contribution in [3.05, 3.63) is 28.2 Å². The number of nitrogens with one attached hydrogen (secondary N) is 1. The number of hydrogen-bond acceptors (Lipinski definition) is 5. The second-order valence-corrected chi connectivity index (χ2v) is 4.86. The number of aryl methyl sites for hydroxylation is 1. The summed E-state index contributed by atoms with van der Waals surface area (Å²) in [5, 5.41) is 9.62. The lowest BCUT2D eigenvalue weighted by Gasteiger charge is -2.14. The van der Waals surface area contributed by atoms with Gasteiger partial charge in [-0.3, -0.25) is 9.63 Å². The highest BCUT2D eigenvalue weighted by Gasteiger charge is 2.07. The first-order chi connectivity index (χ1) is 8.99. The van der Waals surface area contributed by atoms with Crippen LogP contribution < -0.4 is 16.0 Å². The number of carbonyl (C=O) groups is 1. The lowest BCUT2D eigenvalue weighted by Crippen LogP contribution is -2.33. The molecule has 0 bridgehead atoms. The summed E-state index contributed by atoms with van der Waals surface area (Å²) < 4.78 is 6.28. The van der Waals surface area contributed by atoms with Crippen LogP contribution >= 0.6 is 15.9 Å². The Kier molecular flexibility index (Phi) is 6.79. The van der Waals surface area contributed by atoms with E-state index in [2.05, 4.69) is 21.4 Å². The van der Waals surface area contributed by atoms with E-state index in [0.29, 0.717) is 5.75 Å². The summed E-state index contributed by atoms with van der Waals surface area (Å²) in [6.45, 7) is 1.98. The van der Waals surface area contributed by atoms with Crippen molar-refractivity contribution in [2.45, 2.75) is 13.0 Å². The number of hydrogen-bond donors (Lipinski definition) is 3. The van der Waals surface area contributed by atoms with Crippen molar-refractivity contribution in [1.82, 2.24) is 5.48 Å². The second-order valence-electron chi connectivity index (χ2n) is 4.00. The SMILES string of the molecule is Cc1ccc(OCC(O)CNOCC(N)=O)c(Br)c1. The smallest absolute Gasteiger partial charge is 0.245 e. The lowest BCUT2D eigenvalue weighted by atomic mass is 10.2. The highest BCUT2D eigenvalue weighted by Crippen LogP contribution is 2.25. The highest BCUT2D eigenvalue weighted by atomic mass is 79.9. The molecule has 7 heteroatoms. The summed E-state index contributed by atoms with van der Waals surface area (Å²) in [6.07, 6.45) is -0.763. The van der Waals surface area contributed by atoms with E-state index in [1.54, 1.807) is 0 Å². The lowest BCUT2D eigenvalue weighted by molar-refractivity contribution is -0.125. The maximum Gasteiger partial charge on any atom is 0.245 e. The molecule has 19 heavy (non-hydrogen) atoms. The molecule has 0 aliphatic heterocycles. The molecule has 0 fully saturated rings. The predicted molar refractivity (Wildman–Crippen MR) is 73.5 cm³/mol. The minimum Gasteiger partial charge on any atom is -0.490 e. The van der Waals surface area contributed by atoms with Crippen LogP contribution in [0.2, 0.25) is 0 Å². The summed E-state index contributed by atoms with van der Waals surface area (Å²) in [5.74, 6) is 0.0736. The fourth-order valence-electron chi connectivity index (χ4n) is 1.25. The molecule has 0 aliphatic rings. The molecular formula is C12H17BrN2O4. The Hall–Kier alpha value is -1.15. The molecule has 0 radical (unpaired) electrons. The number of aliphatic hydroxyl groups is 1. The van der Waals surface area contributed by atoms with Crippen molar-refractivity contribution < 1.29 is 19.5 Å². The van der Waals surface area contributed by atoms with Crippen LogP contribution in [0.5, 0.6) is 5.75 Å². The number of hydroxylamine groups is 1. The van der Waals surface area contributed by atoms with Crippen molar-refractivity contribution >= 4 is 21.8 Å². The van der Waals surface area contributed by atoms with Gasteiger partial charge in [-0.2, -0.15) is 5.48 Å². The van der Waals surface area contributed by atoms with Gasteiger partial charge in [-0.1, -0.05) is 6.07 Å². The first-order valence-corrected chi connectivity index (χ1v) is 6.48. The monoisotopic (exact) mass is 332 g/mol. The normalized spacial score (nSPS) is 12.2. The first-order valence-electron chi connectivity index (χ1n) is 5.69. The molecule has 106 valence electrons. The molecule has 1 atom stereocenters. The van der Waals surface area contributed by atoms with Gasteiger partial charge in [0.1, 0.15) is 25.1 Å². The van der Waals surface area contributed by atoms with E-state index in [-0.39, 0.29) is 19.8 Å². The van der Waals surface area contributed by atoms with Crippen molar-refractivity contribution in [2.24, 2.45) is 5.73 Å². The van der Waals surface area contributed by atoms with Crippen LogP contribution in [0.15, 0.2) is 22.7 Å². The number of ether oxygens (including phenoxy) is 1. The minimum atomic E-state index is -0.763. The number of amides is 1. The molecule has 1 unspecified atom stereocenters. The van der Waals surface area contributed by atoms with E-state index in [0.717, 1.165) is 10.0 Å². The van der Waals surface area contributed by atoms with Gasteiger partial charge < -0.3 is 15.6 Å². The third-order valence-corrected chi connectivity index (χ3v) is 2.77. The van der Waals surface area contributed by atoms with Crippen LogP contribution in [-0.2, 0) is 9.63 Å². The Labute approximate surface area is 120 Å². The zero-order chi connectivity index (χ0) is 14.3. The Morgan fingerprint density at radius 1 is 1.58 bits per heavy atom. The Morgan fingerprint density at radius 2 is 2.32 bits per heavy atom. The van der Waals surface area contributed by atoms with Crippen LogP contribution in [0.3, 0.4) is 0 Å². The fourth-order valence-corrected chi connectivity index (χ4v) is 1.85. The van der Waals surface area contributed by atoms with Crippen molar-refractivity contribution in [1.29, 1.82) is 0 Å². The zero-order valence-corrected chi connectivity index (χ0v) is 12.1. The third-order valence-electron chi connectivity index (χ3n) is 2.15. The molecule has 1 rings (SSSR count). The standard InChI is InChI=1S/C12H17BrN2O4/c1-8-2-3-11(10(13)4-8)18-6-9(16)5-15-19-7-12(14)17/h2-4,9,15-16H,5-7H2,1H3,(H2,14,17). The molecule has 1 aromatic rings. The molecule has 1 amide bonds. The molecular weight excluding hydrogens is 316 g/mol. The van der Waals surface area contributed by atoms with Crippen molar-refractivity contribution in [3.8, 4) is 5.75 Å². The summed E-state index contributed by atoms with van der Waals surface area (Å²) in [7, 11) is 0. The summed E-state index contributed by atoms with van der Waals surface area (Å²) in [5.41, 5.74) is 8.42. The van der Waals surface area contributed by atoms with Gasteiger partial charge >= 0.3 is 0 Å². The average Bonchev–Trinajstić information content (AvgIpc) is 2.33. The van der Waals surface area contributed by atoms with Crippen LogP contribution in [0, 0.1) is 6.92 Å². The first kappa shape index (κ1) is 15.9. The third kappa shape index (κ3) is 6.53. The number of primary amides is 1. The van der Waals surface area contributed by atoms with Gasteiger partial charge in [-0.25, -0.2) is 0 Å². The molecule has 0 saturated heterocycles. The number of nitrogens with two attached hydrogens (primary N) is 1. The zero-order valence-electron chi connectivity index (χ0n) is 10.6. The fraction of sp³-hybridized carbons (Fsp3) is 0.417. The van der Waals surface area contributed by atoms with Gasteiger partial charge in [0, 0.05) is 0 Å². The topological polar surface area (TPSA) is 93.8 Å². The van der Waals surface area contributed by atoms with E-state index >= 15 is 0 Å². The van der Waals surface area contributed by atoms with E-state index in [1.165, 1.54) is 0 Å². The summed E-state index contributed by atoms with van der Waals surface area (Å²) in [6, 6.07) is 5.67. The van der Waals surface area contributed by atoms with Gasteiger partial charge in [-0.05, 0) is 40.5 Å². The van der Waals surface area contributed by atoms with Crippen molar-refractivity contribution in [2.75, 3.05) is 19.8 Å². The quantitative estimate of drug-likeness (QED) is 0.476. The van der Waals surface area contributed by atoms with E-state index in [9.17, 15) is 9.90 Å². The van der Waals surface area contributed by atoms with Crippen molar-refractivity contribution in [3.63, 3.8) is 0 Å². The number of aliphatic hydroxyl groups excluding tert-OH is 1. The maximum atomic E-state index is 10.4. The molecule has 6 nitrogen and oxygen atoms in total. The van der Waals surface area contributed by atoms with E-state index < -0.39 is 12.0 Å². The highest BCUT2D eigenvalue weighted by molar-refractivity contribution is 9.10. The van der Waals surface area contributed by atoms with E-state index in [4.69, 9.17) is 15.3 Å². The predicted octanol–water partition coefficient (Wildman–Crippen LogP) is 0.504. The average molecular weight is 333 g/mol. The molecule has 0 saturated carbocycles. The number of carbonyl (C=O) groups excluding carboxylic acids is 1. The second kappa shape index (κ2) is 8.11. The molecule has 4 N–H and O–H groups in total. The number of rotatable bonds is 8. The van der Waals surface area contributed by atoms with Gasteiger partial charge in [0.25, 0.3) is 0 Å². The van der Waals surface area contributed by atoms with Gasteiger partial charge in [-0.15, -0.1) is 0 Å². The van der Waals surface area contributed by atoms with E-state index in [1.807, 2.05) is 25.1 Å². The number of benzene rings is 1. The van der Waals surface area contributed by atoms with Crippen LogP contribution in [0.25, 0.3) is 0 Å². The largest absolute Gasteiger partial charge is 0.490 e. The van der Waals surface area contributed by atoms with Crippen LogP contribution in [0.4, 0.5) is 0 Å². The number of halogens is 1. The molecule has 0 heterocycles. The molecule has 1 aromatic carbocycles. The minimum absolute atomic E-state index is 0.106. The van der Waals surface area contributed by atoms with Gasteiger partial charge in [0.2, 0.25) is 5.91 Å². The maximum absolute atomic E-state index is 10.4. The van der Waals surface area contributed by atoms with Gasteiger partial charge in [0.15, 0.2) is 0 Å². The molecule has 0 aromatic heterocycles. The summed E-state index contributed by atoms with van der Waals surface area (Å²) in [4.78, 5) is 15.1. The Bertz CT molecular complexity index is 428. The van der Waals surface area contributed by atoms with Crippen LogP contribution in [0.1, 0.15) is 5.56 Å². The summed E-state index contributed by atoms with van der Waals surface area (Å²) >= 11 is 3.38.